The molecule has 0 saturated heterocycles. The van der Waals surface area contributed by atoms with Crippen LogP contribution >= 0.6 is 0 Å². The normalized spacial score (nSPS) is 13.6. The first-order valence-corrected chi connectivity index (χ1v) is 7.90. The Kier molecular flexibility index (Phi) is 4.28. The standard InChI is InChI=1S/C15H24O4S/c1-14(2,3)11-8-10(20(17,18)19-7)9-12(13(11)16)15(4,5)6/h8-9,16H,1-7H3. The summed E-state index contributed by atoms with van der Waals surface area (Å²) < 4.78 is 28.5. The van der Waals surface area contributed by atoms with E-state index in [-0.39, 0.29) is 21.5 Å². The zero-order valence-electron chi connectivity index (χ0n) is 13.2. The van der Waals surface area contributed by atoms with Crippen LogP contribution in [-0.2, 0) is 25.1 Å². The zero-order valence-corrected chi connectivity index (χ0v) is 14.1. The predicted molar refractivity (Wildman–Crippen MR) is 79.7 cm³/mol. The molecule has 1 N–H and O–H groups in total. The van der Waals surface area contributed by atoms with Gasteiger partial charge in [-0.2, -0.15) is 8.42 Å². The Hall–Kier alpha value is -1.07. The van der Waals surface area contributed by atoms with Crippen LogP contribution in [0.2, 0.25) is 0 Å². The minimum atomic E-state index is -3.79. The van der Waals surface area contributed by atoms with Gasteiger partial charge in [-0.05, 0) is 23.0 Å². The summed E-state index contributed by atoms with van der Waals surface area (Å²) in [5, 5.41) is 10.5. The number of rotatable bonds is 2. The van der Waals surface area contributed by atoms with E-state index < -0.39 is 10.1 Å². The van der Waals surface area contributed by atoms with Crippen molar-refractivity contribution in [2.24, 2.45) is 0 Å². The van der Waals surface area contributed by atoms with Gasteiger partial charge in [0.1, 0.15) is 5.75 Å². The summed E-state index contributed by atoms with van der Waals surface area (Å²) in [6.07, 6.45) is 0. The average molecular weight is 300 g/mol. The Morgan fingerprint density at radius 2 is 1.30 bits per heavy atom. The van der Waals surface area contributed by atoms with E-state index in [1.807, 2.05) is 41.5 Å². The molecule has 1 aromatic rings. The fourth-order valence-corrected chi connectivity index (χ4v) is 2.71. The third-order valence-corrected chi connectivity index (χ3v) is 4.46. The van der Waals surface area contributed by atoms with Crippen molar-refractivity contribution in [3.63, 3.8) is 0 Å². The van der Waals surface area contributed by atoms with E-state index >= 15 is 0 Å². The van der Waals surface area contributed by atoms with Crippen LogP contribution in [-0.4, -0.2) is 20.6 Å². The molecular weight excluding hydrogens is 276 g/mol. The number of phenolic OH excluding ortho intramolecular Hbond substituents is 1. The highest BCUT2D eigenvalue weighted by Gasteiger charge is 2.29. The van der Waals surface area contributed by atoms with Gasteiger partial charge < -0.3 is 5.11 Å². The first-order valence-electron chi connectivity index (χ1n) is 6.49. The van der Waals surface area contributed by atoms with Crippen LogP contribution in [0.4, 0.5) is 0 Å². The molecule has 5 heteroatoms. The number of benzene rings is 1. The molecule has 4 nitrogen and oxygen atoms in total. The SMILES string of the molecule is COS(=O)(=O)c1cc(C(C)(C)C)c(O)c(C(C)(C)C)c1. The molecule has 1 aromatic carbocycles. The van der Waals surface area contributed by atoms with E-state index in [9.17, 15) is 13.5 Å². The molecule has 0 unspecified atom stereocenters. The maximum Gasteiger partial charge on any atom is 0.296 e. The Balaban J connectivity index is 3.77. The molecule has 0 spiro atoms. The second-order valence-corrected chi connectivity index (χ2v) is 8.70. The molecule has 0 aliphatic heterocycles. The van der Waals surface area contributed by atoms with E-state index in [1.54, 1.807) is 0 Å². The molecule has 0 amide bonds. The largest absolute Gasteiger partial charge is 0.507 e. The van der Waals surface area contributed by atoms with Crippen molar-refractivity contribution in [3.05, 3.63) is 23.3 Å². The summed E-state index contributed by atoms with van der Waals surface area (Å²) in [5.74, 6) is 0.153. The first-order chi connectivity index (χ1) is 8.80. The second-order valence-electron chi connectivity index (χ2n) is 6.99. The topological polar surface area (TPSA) is 63.6 Å². The van der Waals surface area contributed by atoms with Gasteiger partial charge in [-0.25, -0.2) is 0 Å². The first kappa shape index (κ1) is 17.0. The number of hydrogen-bond donors (Lipinski definition) is 1. The molecule has 0 aliphatic carbocycles. The fourth-order valence-electron chi connectivity index (χ4n) is 1.99. The minimum Gasteiger partial charge on any atom is -0.507 e. The van der Waals surface area contributed by atoms with Crippen LogP contribution in [0.3, 0.4) is 0 Å². The smallest absolute Gasteiger partial charge is 0.296 e. The van der Waals surface area contributed by atoms with Gasteiger partial charge in [0.15, 0.2) is 0 Å². The number of hydrogen-bond acceptors (Lipinski definition) is 4. The molecule has 0 bridgehead atoms. The Morgan fingerprint density at radius 3 is 1.55 bits per heavy atom. The van der Waals surface area contributed by atoms with Gasteiger partial charge in [0, 0.05) is 11.1 Å². The quantitative estimate of drug-likeness (QED) is 0.851. The van der Waals surface area contributed by atoms with Crippen molar-refractivity contribution in [3.8, 4) is 5.75 Å². The molecule has 0 heterocycles. The Morgan fingerprint density at radius 1 is 0.950 bits per heavy atom. The van der Waals surface area contributed by atoms with Crippen molar-refractivity contribution in [2.75, 3.05) is 7.11 Å². The van der Waals surface area contributed by atoms with E-state index in [2.05, 4.69) is 4.18 Å². The summed E-state index contributed by atoms with van der Waals surface area (Å²) in [6.45, 7) is 11.6. The van der Waals surface area contributed by atoms with Crippen LogP contribution in [0.25, 0.3) is 0 Å². The minimum absolute atomic E-state index is 0.0765. The zero-order chi connectivity index (χ0) is 15.9. The monoisotopic (exact) mass is 300 g/mol. The molecular formula is C15H24O4S. The second kappa shape index (κ2) is 5.04. The molecule has 0 aromatic heterocycles. The molecule has 0 fully saturated rings. The highest BCUT2D eigenvalue weighted by molar-refractivity contribution is 7.86. The molecule has 1 rings (SSSR count). The third kappa shape index (κ3) is 3.33. The summed E-state index contributed by atoms with van der Waals surface area (Å²) in [4.78, 5) is 0.0765. The van der Waals surface area contributed by atoms with Crippen LogP contribution in [0.5, 0.6) is 5.75 Å². The van der Waals surface area contributed by atoms with E-state index in [4.69, 9.17) is 0 Å². The van der Waals surface area contributed by atoms with Crippen LogP contribution < -0.4 is 0 Å². The summed E-state index contributed by atoms with van der Waals surface area (Å²) >= 11 is 0. The fraction of sp³-hybridized carbons (Fsp3) is 0.600. The lowest BCUT2D eigenvalue weighted by atomic mass is 9.79. The maximum absolute atomic E-state index is 12.0. The molecule has 114 valence electrons. The Labute approximate surface area is 121 Å². The van der Waals surface area contributed by atoms with Gasteiger partial charge in [0.25, 0.3) is 10.1 Å². The van der Waals surface area contributed by atoms with Crippen molar-refractivity contribution >= 4 is 10.1 Å². The third-order valence-electron chi connectivity index (χ3n) is 3.21. The summed E-state index contributed by atoms with van der Waals surface area (Å²) in [5.41, 5.74) is 0.452. The van der Waals surface area contributed by atoms with Gasteiger partial charge in [-0.3, -0.25) is 4.18 Å². The highest BCUT2D eigenvalue weighted by atomic mass is 32.2. The number of aromatic hydroxyl groups is 1. The van der Waals surface area contributed by atoms with E-state index in [0.29, 0.717) is 11.1 Å². The van der Waals surface area contributed by atoms with Crippen molar-refractivity contribution in [1.29, 1.82) is 0 Å². The summed E-state index contributed by atoms with van der Waals surface area (Å²) in [7, 11) is -2.66. The van der Waals surface area contributed by atoms with Crippen LogP contribution in [0.15, 0.2) is 17.0 Å². The lowest BCUT2D eigenvalue weighted by Gasteiger charge is -2.27. The molecule has 20 heavy (non-hydrogen) atoms. The van der Waals surface area contributed by atoms with Crippen molar-refractivity contribution < 1.29 is 17.7 Å². The van der Waals surface area contributed by atoms with Gasteiger partial charge in [0.05, 0.1) is 12.0 Å². The van der Waals surface area contributed by atoms with Gasteiger partial charge >= 0.3 is 0 Å². The highest BCUT2D eigenvalue weighted by Crippen LogP contribution is 2.40. The van der Waals surface area contributed by atoms with Crippen molar-refractivity contribution in [2.45, 2.75) is 57.3 Å². The predicted octanol–water partition coefficient (Wildman–Crippen LogP) is 3.32. The van der Waals surface area contributed by atoms with Gasteiger partial charge in [-0.1, -0.05) is 41.5 Å². The van der Waals surface area contributed by atoms with Gasteiger partial charge in [-0.15, -0.1) is 0 Å². The van der Waals surface area contributed by atoms with Gasteiger partial charge in [0.2, 0.25) is 0 Å². The lowest BCUT2D eigenvalue weighted by molar-refractivity contribution is 0.395. The molecule has 0 aliphatic rings. The van der Waals surface area contributed by atoms with Crippen molar-refractivity contribution in [1.82, 2.24) is 0 Å². The van der Waals surface area contributed by atoms with Crippen LogP contribution in [0, 0.1) is 0 Å². The summed E-state index contributed by atoms with van der Waals surface area (Å²) in [6, 6.07) is 2.98. The number of phenols is 1. The van der Waals surface area contributed by atoms with E-state index in [0.717, 1.165) is 7.11 Å². The lowest BCUT2D eigenvalue weighted by Crippen LogP contribution is -2.19. The Bertz CT molecular complexity index is 567. The molecule has 0 saturated carbocycles. The maximum atomic E-state index is 12.0. The average Bonchev–Trinajstić information content (AvgIpc) is 2.25. The van der Waals surface area contributed by atoms with E-state index in [1.165, 1.54) is 12.1 Å². The van der Waals surface area contributed by atoms with Crippen LogP contribution in [0.1, 0.15) is 52.7 Å². The molecule has 0 atom stereocenters. The molecule has 0 radical (unpaired) electrons.